The minimum absolute atomic E-state index is 0.108. The van der Waals surface area contributed by atoms with E-state index < -0.39 is 0 Å². The zero-order chi connectivity index (χ0) is 19.2. The van der Waals surface area contributed by atoms with Gasteiger partial charge in [0.2, 0.25) is 5.91 Å². The van der Waals surface area contributed by atoms with Gasteiger partial charge in [-0.05, 0) is 36.1 Å². The van der Waals surface area contributed by atoms with Crippen molar-refractivity contribution in [1.82, 2.24) is 4.90 Å². The first-order valence-corrected chi connectivity index (χ1v) is 9.86. The van der Waals surface area contributed by atoms with Crippen LogP contribution in [0.15, 0.2) is 54.6 Å². The van der Waals surface area contributed by atoms with Gasteiger partial charge in [-0.25, -0.2) is 0 Å². The van der Waals surface area contributed by atoms with E-state index >= 15 is 0 Å². The van der Waals surface area contributed by atoms with Crippen molar-refractivity contribution in [2.24, 2.45) is 11.7 Å². The fraction of sp³-hybridized carbons (Fsp3) is 0.435. The Bertz CT molecular complexity index is 730. The van der Waals surface area contributed by atoms with Crippen LogP contribution in [0, 0.1) is 5.92 Å². The molecule has 0 spiro atoms. The van der Waals surface area contributed by atoms with Crippen LogP contribution in [0.3, 0.4) is 0 Å². The Balaban J connectivity index is 1.82. The highest BCUT2D eigenvalue weighted by Gasteiger charge is 2.32. The average Bonchev–Trinajstić information content (AvgIpc) is 2.99. The van der Waals surface area contributed by atoms with E-state index in [4.69, 9.17) is 10.5 Å². The number of carbonyl (C=O) groups excluding carboxylic acids is 1. The van der Waals surface area contributed by atoms with Crippen LogP contribution < -0.4 is 10.5 Å². The van der Waals surface area contributed by atoms with Gasteiger partial charge in [-0.2, -0.15) is 0 Å². The van der Waals surface area contributed by atoms with Crippen molar-refractivity contribution in [2.45, 2.75) is 44.7 Å². The molecule has 3 unspecified atom stereocenters. The standard InChI is InChI=1S/C23H30N2O2/c1-17(22(24)19-9-5-3-6-10-19)23(26)25-16-8-4-7-11-21(25)18-12-14-20(27-2)15-13-18/h3,5-6,9-10,12-15,17,21-22H,4,7-8,11,16,24H2,1-2H3. The van der Waals surface area contributed by atoms with Crippen molar-refractivity contribution in [2.75, 3.05) is 13.7 Å². The maximum atomic E-state index is 13.4. The fourth-order valence-electron chi connectivity index (χ4n) is 3.92. The van der Waals surface area contributed by atoms with E-state index in [1.807, 2.05) is 49.4 Å². The molecule has 0 bridgehead atoms. The summed E-state index contributed by atoms with van der Waals surface area (Å²) in [5.41, 5.74) is 8.62. The number of hydrogen-bond acceptors (Lipinski definition) is 3. The first-order valence-electron chi connectivity index (χ1n) is 9.86. The first-order chi connectivity index (χ1) is 13.1. The van der Waals surface area contributed by atoms with Crippen molar-refractivity contribution < 1.29 is 9.53 Å². The van der Waals surface area contributed by atoms with Gasteiger partial charge in [0.05, 0.1) is 19.1 Å². The second-order valence-electron chi connectivity index (χ2n) is 7.40. The van der Waals surface area contributed by atoms with Crippen LogP contribution in [0.1, 0.15) is 55.8 Å². The predicted molar refractivity (Wildman–Crippen MR) is 108 cm³/mol. The smallest absolute Gasteiger partial charge is 0.227 e. The minimum atomic E-state index is -0.293. The molecule has 0 radical (unpaired) electrons. The molecule has 1 aliphatic rings. The highest BCUT2D eigenvalue weighted by Crippen LogP contribution is 2.33. The monoisotopic (exact) mass is 366 g/mol. The van der Waals surface area contributed by atoms with Crippen molar-refractivity contribution in [3.05, 3.63) is 65.7 Å². The highest BCUT2D eigenvalue weighted by molar-refractivity contribution is 5.80. The number of nitrogens with zero attached hydrogens (tertiary/aromatic N) is 1. The Kier molecular flexibility index (Phi) is 6.51. The molecule has 0 saturated carbocycles. The lowest BCUT2D eigenvalue weighted by atomic mass is 9.92. The molecule has 1 heterocycles. The lowest BCUT2D eigenvalue weighted by molar-refractivity contribution is -0.138. The fourth-order valence-corrected chi connectivity index (χ4v) is 3.92. The van der Waals surface area contributed by atoms with E-state index in [-0.39, 0.29) is 23.9 Å². The molecule has 2 aromatic rings. The van der Waals surface area contributed by atoms with Gasteiger partial charge >= 0.3 is 0 Å². The van der Waals surface area contributed by atoms with Crippen LogP contribution in [0.4, 0.5) is 0 Å². The third-order valence-corrected chi connectivity index (χ3v) is 5.65. The molecular formula is C23H30N2O2. The van der Waals surface area contributed by atoms with Crippen LogP contribution in [0.2, 0.25) is 0 Å². The molecule has 4 nitrogen and oxygen atoms in total. The summed E-state index contributed by atoms with van der Waals surface area (Å²) in [5, 5.41) is 0. The maximum absolute atomic E-state index is 13.4. The molecule has 2 aromatic carbocycles. The van der Waals surface area contributed by atoms with Crippen LogP contribution in [0.5, 0.6) is 5.75 Å². The van der Waals surface area contributed by atoms with E-state index in [9.17, 15) is 4.79 Å². The molecule has 1 amide bonds. The Morgan fingerprint density at radius 1 is 1.07 bits per heavy atom. The Hall–Kier alpha value is -2.33. The van der Waals surface area contributed by atoms with E-state index in [2.05, 4.69) is 17.0 Å². The number of likely N-dealkylation sites (tertiary alicyclic amines) is 1. The number of nitrogens with two attached hydrogens (primary N) is 1. The van der Waals surface area contributed by atoms with Crippen molar-refractivity contribution in [3.63, 3.8) is 0 Å². The Morgan fingerprint density at radius 3 is 2.44 bits per heavy atom. The van der Waals surface area contributed by atoms with Crippen LogP contribution in [-0.2, 0) is 4.79 Å². The molecule has 2 N–H and O–H groups in total. The molecule has 1 aliphatic heterocycles. The summed E-state index contributed by atoms with van der Waals surface area (Å²) in [7, 11) is 1.67. The number of methoxy groups -OCH3 is 1. The number of hydrogen-bond donors (Lipinski definition) is 1. The molecular weight excluding hydrogens is 336 g/mol. The third-order valence-electron chi connectivity index (χ3n) is 5.65. The van der Waals surface area contributed by atoms with E-state index in [1.54, 1.807) is 7.11 Å². The maximum Gasteiger partial charge on any atom is 0.227 e. The molecule has 0 aliphatic carbocycles. The number of amides is 1. The Morgan fingerprint density at radius 2 is 1.78 bits per heavy atom. The average molecular weight is 367 g/mol. The molecule has 3 rings (SSSR count). The topological polar surface area (TPSA) is 55.6 Å². The lowest BCUT2D eigenvalue weighted by Crippen LogP contribution is -2.41. The van der Waals surface area contributed by atoms with Gasteiger partial charge in [0.1, 0.15) is 5.75 Å². The second-order valence-corrected chi connectivity index (χ2v) is 7.40. The highest BCUT2D eigenvalue weighted by atomic mass is 16.5. The molecule has 1 fully saturated rings. The number of carbonyl (C=O) groups is 1. The van der Waals surface area contributed by atoms with Crippen molar-refractivity contribution in [1.29, 1.82) is 0 Å². The third kappa shape index (κ3) is 4.51. The van der Waals surface area contributed by atoms with Crippen molar-refractivity contribution in [3.8, 4) is 5.75 Å². The summed E-state index contributed by atoms with van der Waals surface area (Å²) in [5.74, 6) is 0.727. The van der Waals surface area contributed by atoms with Crippen LogP contribution in [0.25, 0.3) is 0 Å². The molecule has 3 atom stereocenters. The van der Waals surface area contributed by atoms with E-state index in [0.29, 0.717) is 0 Å². The summed E-state index contributed by atoms with van der Waals surface area (Å²) < 4.78 is 5.28. The minimum Gasteiger partial charge on any atom is -0.497 e. The quantitative estimate of drug-likeness (QED) is 0.849. The van der Waals surface area contributed by atoms with Gasteiger partial charge in [0, 0.05) is 12.6 Å². The second kappa shape index (κ2) is 9.05. The summed E-state index contributed by atoms with van der Waals surface area (Å²) >= 11 is 0. The molecule has 0 aromatic heterocycles. The molecule has 144 valence electrons. The predicted octanol–water partition coefficient (Wildman–Crippen LogP) is 4.48. The number of benzene rings is 2. The lowest BCUT2D eigenvalue weighted by Gasteiger charge is -2.34. The molecule has 4 heteroatoms. The normalized spacial score (nSPS) is 19.8. The molecule has 27 heavy (non-hydrogen) atoms. The van der Waals surface area contributed by atoms with Gasteiger partial charge < -0.3 is 15.4 Å². The van der Waals surface area contributed by atoms with E-state index in [1.165, 1.54) is 5.56 Å². The number of rotatable bonds is 5. The number of ether oxygens (including phenoxy) is 1. The van der Waals surface area contributed by atoms with Gasteiger partial charge in [0.25, 0.3) is 0 Å². The van der Waals surface area contributed by atoms with Gasteiger partial charge in [-0.15, -0.1) is 0 Å². The van der Waals surface area contributed by atoms with Crippen molar-refractivity contribution >= 4 is 5.91 Å². The summed E-state index contributed by atoms with van der Waals surface area (Å²) in [6, 6.07) is 17.8. The Labute approximate surface area is 162 Å². The van der Waals surface area contributed by atoms with E-state index in [0.717, 1.165) is 43.5 Å². The SMILES string of the molecule is COc1ccc(C2CCCCCN2C(=O)C(C)C(N)c2ccccc2)cc1. The van der Waals surface area contributed by atoms with Crippen LogP contribution >= 0.6 is 0 Å². The summed E-state index contributed by atoms with van der Waals surface area (Å²) in [6.07, 6.45) is 4.34. The van der Waals surface area contributed by atoms with Crippen LogP contribution in [-0.4, -0.2) is 24.5 Å². The van der Waals surface area contributed by atoms with Gasteiger partial charge in [-0.1, -0.05) is 62.2 Å². The largest absolute Gasteiger partial charge is 0.497 e. The zero-order valence-corrected chi connectivity index (χ0v) is 16.3. The zero-order valence-electron chi connectivity index (χ0n) is 16.3. The first kappa shape index (κ1) is 19.4. The molecule has 1 saturated heterocycles. The van der Waals surface area contributed by atoms with Gasteiger partial charge in [-0.3, -0.25) is 4.79 Å². The van der Waals surface area contributed by atoms with Gasteiger partial charge in [0.15, 0.2) is 0 Å². The summed E-state index contributed by atoms with van der Waals surface area (Å²) in [4.78, 5) is 15.5. The summed E-state index contributed by atoms with van der Waals surface area (Å²) in [6.45, 7) is 2.75.